The summed E-state index contributed by atoms with van der Waals surface area (Å²) in [6, 6.07) is 5.50. The minimum atomic E-state index is -0.595. The second kappa shape index (κ2) is 2.92. The van der Waals surface area contributed by atoms with Gasteiger partial charge in [-0.05, 0) is 38.0 Å². The maximum Gasteiger partial charge on any atom is 0.182 e. The van der Waals surface area contributed by atoms with E-state index in [1.54, 1.807) is 6.07 Å². The molecule has 0 bridgehead atoms. The van der Waals surface area contributed by atoms with Crippen molar-refractivity contribution in [1.82, 2.24) is 9.97 Å². The third kappa shape index (κ3) is 1.34. The van der Waals surface area contributed by atoms with Gasteiger partial charge >= 0.3 is 0 Å². The monoisotopic (exact) mass is 215 g/mol. The van der Waals surface area contributed by atoms with Crippen molar-refractivity contribution >= 4 is 16.8 Å². The SMILES string of the molecule is Cc1nc2ccc(C(=O)C3(N)CC3)cc2[nH]1. The Bertz CT molecular complexity index is 581. The number of aromatic amines is 1. The Labute approximate surface area is 92.9 Å². The number of aromatic nitrogens is 2. The largest absolute Gasteiger partial charge is 0.342 e. The van der Waals surface area contributed by atoms with Gasteiger partial charge in [-0.25, -0.2) is 4.98 Å². The van der Waals surface area contributed by atoms with Crippen molar-refractivity contribution in [2.75, 3.05) is 0 Å². The second-order valence-corrected chi connectivity index (χ2v) is 4.54. The van der Waals surface area contributed by atoms with Crippen LogP contribution >= 0.6 is 0 Å². The zero-order chi connectivity index (χ0) is 11.3. The number of hydrogen-bond acceptors (Lipinski definition) is 3. The number of carbonyl (C=O) groups excluding carboxylic acids is 1. The molecule has 16 heavy (non-hydrogen) atoms. The molecule has 1 fully saturated rings. The van der Waals surface area contributed by atoms with E-state index in [0.717, 1.165) is 29.7 Å². The molecule has 0 aliphatic heterocycles. The topological polar surface area (TPSA) is 71.8 Å². The average Bonchev–Trinajstić information content (AvgIpc) is 2.89. The van der Waals surface area contributed by atoms with E-state index in [9.17, 15) is 4.79 Å². The van der Waals surface area contributed by atoms with Gasteiger partial charge < -0.3 is 10.7 Å². The van der Waals surface area contributed by atoms with E-state index in [-0.39, 0.29) is 5.78 Å². The van der Waals surface area contributed by atoms with Crippen LogP contribution in [0.2, 0.25) is 0 Å². The fourth-order valence-electron chi connectivity index (χ4n) is 1.93. The number of benzene rings is 1. The molecule has 1 aliphatic carbocycles. The summed E-state index contributed by atoms with van der Waals surface area (Å²) < 4.78 is 0. The van der Waals surface area contributed by atoms with Gasteiger partial charge in [0.05, 0.1) is 16.6 Å². The molecule has 1 heterocycles. The number of ketones is 1. The molecule has 0 atom stereocenters. The van der Waals surface area contributed by atoms with Gasteiger partial charge in [0.1, 0.15) is 5.82 Å². The molecule has 0 amide bonds. The molecule has 3 N–H and O–H groups in total. The number of fused-ring (bicyclic) bond motifs is 1. The number of Topliss-reactive ketones (excluding diaryl/α,β-unsaturated/α-hetero) is 1. The lowest BCUT2D eigenvalue weighted by Gasteiger charge is -2.06. The van der Waals surface area contributed by atoms with E-state index < -0.39 is 5.54 Å². The molecular weight excluding hydrogens is 202 g/mol. The van der Waals surface area contributed by atoms with Crippen LogP contribution in [0.5, 0.6) is 0 Å². The Balaban J connectivity index is 2.07. The summed E-state index contributed by atoms with van der Waals surface area (Å²) in [5.41, 5.74) is 7.76. The van der Waals surface area contributed by atoms with Gasteiger partial charge in [-0.2, -0.15) is 0 Å². The lowest BCUT2D eigenvalue weighted by Crippen LogP contribution is -2.32. The average molecular weight is 215 g/mol. The van der Waals surface area contributed by atoms with Crippen LogP contribution in [0.3, 0.4) is 0 Å². The highest BCUT2D eigenvalue weighted by molar-refractivity contribution is 6.06. The van der Waals surface area contributed by atoms with Gasteiger partial charge in [0.15, 0.2) is 5.78 Å². The normalized spacial score (nSPS) is 17.6. The molecule has 2 aromatic rings. The minimum absolute atomic E-state index is 0.0432. The van der Waals surface area contributed by atoms with Crippen molar-refractivity contribution in [3.8, 4) is 0 Å². The third-order valence-electron chi connectivity index (χ3n) is 3.10. The molecule has 1 aromatic carbocycles. The predicted molar refractivity (Wildman–Crippen MR) is 61.3 cm³/mol. The highest BCUT2D eigenvalue weighted by atomic mass is 16.1. The standard InChI is InChI=1S/C12H13N3O/c1-7-14-9-3-2-8(6-10(9)15-7)11(16)12(13)4-5-12/h2-3,6H,4-5,13H2,1H3,(H,14,15). The Kier molecular flexibility index (Phi) is 1.74. The van der Waals surface area contributed by atoms with Crippen LogP contribution in [-0.2, 0) is 0 Å². The summed E-state index contributed by atoms with van der Waals surface area (Å²) in [7, 11) is 0. The van der Waals surface area contributed by atoms with Crippen molar-refractivity contribution in [3.63, 3.8) is 0 Å². The molecular formula is C12H13N3O. The van der Waals surface area contributed by atoms with Gasteiger partial charge in [0.25, 0.3) is 0 Å². The first-order valence-corrected chi connectivity index (χ1v) is 5.39. The smallest absolute Gasteiger partial charge is 0.182 e. The summed E-state index contributed by atoms with van der Waals surface area (Å²) in [5.74, 6) is 0.898. The van der Waals surface area contributed by atoms with Crippen molar-refractivity contribution < 1.29 is 4.79 Å². The van der Waals surface area contributed by atoms with Crippen molar-refractivity contribution in [2.24, 2.45) is 5.73 Å². The molecule has 0 spiro atoms. The lowest BCUT2D eigenvalue weighted by atomic mass is 10.0. The Morgan fingerprint density at radius 2 is 2.25 bits per heavy atom. The first kappa shape index (κ1) is 9.54. The molecule has 82 valence electrons. The lowest BCUT2D eigenvalue weighted by molar-refractivity contribution is 0.0949. The maximum absolute atomic E-state index is 12.0. The van der Waals surface area contributed by atoms with Crippen molar-refractivity contribution in [3.05, 3.63) is 29.6 Å². The molecule has 0 saturated heterocycles. The van der Waals surface area contributed by atoms with E-state index in [0.29, 0.717) is 5.56 Å². The van der Waals surface area contributed by atoms with Crippen LogP contribution in [0.1, 0.15) is 29.0 Å². The highest BCUT2D eigenvalue weighted by Gasteiger charge is 2.46. The minimum Gasteiger partial charge on any atom is -0.342 e. The number of nitrogens with two attached hydrogens (primary N) is 1. The Morgan fingerprint density at radius 3 is 2.94 bits per heavy atom. The number of hydrogen-bond donors (Lipinski definition) is 2. The molecule has 1 saturated carbocycles. The zero-order valence-electron chi connectivity index (χ0n) is 9.08. The first-order valence-electron chi connectivity index (χ1n) is 5.39. The number of rotatable bonds is 2. The number of imidazole rings is 1. The molecule has 4 heteroatoms. The number of nitrogens with zero attached hydrogens (tertiary/aromatic N) is 1. The van der Waals surface area contributed by atoms with Gasteiger partial charge in [0, 0.05) is 5.56 Å². The fraction of sp³-hybridized carbons (Fsp3) is 0.333. The van der Waals surface area contributed by atoms with Gasteiger partial charge in [-0.3, -0.25) is 4.79 Å². The Hall–Kier alpha value is -1.68. The first-order chi connectivity index (χ1) is 7.58. The highest BCUT2D eigenvalue weighted by Crippen LogP contribution is 2.35. The zero-order valence-corrected chi connectivity index (χ0v) is 9.08. The second-order valence-electron chi connectivity index (χ2n) is 4.54. The summed E-state index contributed by atoms with van der Waals surface area (Å²) >= 11 is 0. The molecule has 3 rings (SSSR count). The summed E-state index contributed by atoms with van der Waals surface area (Å²) in [4.78, 5) is 19.4. The quantitative estimate of drug-likeness (QED) is 0.746. The molecule has 1 aliphatic rings. The predicted octanol–water partition coefficient (Wildman–Crippen LogP) is 1.55. The molecule has 4 nitrogen and oxygen atoms in total. The van der Waals surface area contributed by atoms with Gasteiger partial charge in [0.2, 0.25) is 0 Å². The number of H-pyrrole nitrogens is 1. The maximum atomic E-state index is 12.0. The summed E-state index contributed by atoms with van der Waals surface area (Å²) in [6.45, 7) is 1.90. The van der Waals surface area contributed by atoms with E-state index in [2.05, 4.69) is 9.97 Å². The number of aryl methyl sites for hydroxylation is 1. The molecule has 0 radical (unpaired) electrons. The molecule has 1 aromatic heterocycles. The van der Waals surface area contributed by atoms with Crippen LogP contribution in [-0.4, -0.2) is 21.3 Å². The van der Waals surface area contributed by atoms with Gasteiger partial charge in [-0.1, -0.05) is 0 Å². The van der Waals surface area contributed by atoms with Crippen LogP contribution in [0.15, 0.2) is 18.2 Å². The number of nitrogens with one attached hydrogen (secondary N) is 1. The number of carbonyl (C=O) groups is 1. The van der Waals surface area contributed by atoms with E-state index in [1.165, 1.54) is 0 Å². The van der Waals surface area contributed by atoms with Crippen LogP contribution in [0.25, 0.3) is 11.0 Å². The molecule has 0 unspecified atom stereocenters. The van der Waals surface area contributed by atoms with Crippen LogP contribution in [0.4, 0.5) is 0 Å². The Morgan fingerprint density at radius 1 is 1.50 bits per heavy atom. The van der Waals surface area contributed by atoms with E-state index in [4.69, 9.17) is 5.73 Å². The van der Waals surface area contributed by atoms with Crippen LogP contribution in [0, 0.1) is 6.92 Å². The third-order valence-corrected chi connectivity index (χ3v) is 3.10. The van der Waals surface area contributed by atoms with Crippen molar-refractivity contribution in [2.45, 2.75) is 25.3 Å². The fourth-order valence-corrected chi connectivity index (χ4v) is 1.93. The van der Waals surface area contributed by atoms with E-state index in [1.807, 2.05) is 19.1 Å². The van der Waals surface area contributed by atoms with Gasteiger partial charge in [-0.15, -0.1) is 0 Å². The van der Waals surface area contributed by atoms with Crippen molar-refractivity contribution in [1.29, 1.82) is 0 Å². The summed E-state index contributed by atoms with van der Waals surface area (Å²) in [5, 5.41) is 0. The van der Waals surface area contributed by atoms with Crippen LogP contribution < -0.4 is 5.73 Å². The summed E-state index contributed by atoms with van der Waals surface area (Å²) in [6.07, 6.45) is 1.59. The van der Waals surface area contributed by atoms with E-state index >= 15 is 0 Å².